The van der Waals surface area contributed by atoms with Crippen LogP contribution in [0.4, 0.5) is 0 Å². The fourth-order valence-corrected chi connectivity index (χ4v) is 5.72. The summed E-state index contributed by atoms with van der Waals surface area (Å²) in [5, 5.41) is 0. The van der Waals surface area contributed by atoms with E-state index in [2.05, 4.69) is 23.7 Å². The lowest BCUT2D eigenvalue weighted by molar-refractivity contribution is 0.267. The van der Waals surface area contributed by atoms with Crippen molar-refractivity contribution < 1.29 is 0 Å². The summed E-state index contributed by atoms with van der Waals surface area (Å²) in [4.78, 5) is 6.84. The highest BCUT2D eigenvalue weighted by atomic mass is 15.1. The Morgan fingerprint density at radius 2 is 0.641 bits per heavy atom. The van der Waals surface area contributed by atoms with Gasteiger partial charge < -0.3 is 16.4 Å². The normalized spacial score (nSPS) is 11.5. The molecule has 0 radical (unpaired) electrons. The van der Waals surface area contributed by atoms with Crippen LogP contribution in [0.25, 0.3) is 0 Å². The third-order valence-corrected chi connectivity index (χ3v) is 8.37. The van der Waals surface area contributed by atoms with Crippen LogP contribution < -0.4 is 11.5 Å². The maximum atomic E-state index is 5.55. The Labute approximate surface area is 246 Å². The molecule has 4 heteroatoms. The molecule has 4 N–H and O–H groups in total. The summed E-state index contributed by atoms with van der Waals surface area (Å²) in [6.07, 6.45) is 39.8. The number of hydrogen-bond acceptors (Lipinski definition) is 2. The number of aliphatic imine (C=N–C) groups is 1. The molecule has 0 aromatic heterocycles. The van der Waals surface area contributed by atoms with Crippen molar-refractivity contribution in [1.82, 2.24) is 4.90 Å². The van der Waals surface area contributed by atoms with Crippen molar-refractivity contribution in [3.63, 3.8) is 0 Å². The lowest BCUT2D eigenvalue weighted by Crippen LogP contribution is -2.30. The molecule has 0 aliphatic rings. The van der Waals surface area contributed by atoms with Gasteiger partial charge in [-0.1, -0.05) is 181 Å². The molecule has 0 rings (SSSR count). The predicted octanol–water partition coefficient (Wildman–Crippen LogP) is 10.5. The number of nitrogens with two attached hydrogens (primary N) is 2. The molecule has 0 amide bonds. The van der Waals surface area contributed by atoms with Crippen LogP contribution in [-0.2, 0) is 0 Å². The number of guanidine groups is 1. The molecule has 0 aliphatic heterocycles. The number of nitrogens with zero attached hydrogens (tertiary/aromatic N) is 2. The zero-order valence-corrected chi connectivity index (χ0v) is 27.2. The van der Waals surface area contributed by atoms with E-state index in [1.807, 2.05) is 0 Å². The van der Waals surface area contributed by atoms with Gasteiger partial charge in [0, 0.05) is 6.54 Å². The summed E-state index contributed by atoms with van der Waals surface area (Å²) in [6, 6.07) is 0. The topological polar surface area (TPSA) is 67.6 Å². The minimum Gasteiger partial charge on any atom is -0.370 e. The van der Waals surface area contributed by atoms with Crippen molar-refractivity contribution in [3.05, 3.63) is 0 Å². The van der Waals surface area contributed by atoms with Gasteiger partial charge in [-0.2, -0.15) is 0 Å². The molecule has 39 heavy (non-hydrogen) atoms. The summed E-state index contributed by atoms with van der Waals surface area (Å²) in [6.45, 7) is 8.74. The second-order valence-corrected chi connectivity index (χ2v) is 12.3. The van der Waals surface area contributed by atoms with Crippen LogP contribution in [-0.4, -0.2) is 37.0 Å². The van der Waals surface area contributed by atoms with Gasteiger partial charge >= 0.3 is 0 Å². The van der Waals surface area contributed by atoms with Crippen LogP contribution in [0.5, 0.6) is 0 Å². The molecule has 0 saturated heterocycles. The van der Waals surface area contributed by atoms with E-state index in [9.17, 15) is 0 Å². The van der Waals surface area contributed by atoms with Gasteiger partial charge in [0.25, 0.3) is 0 Å². The lowest BCUT2D eigenvalue weighted by atomic mass is 10.0. The van der Waals surface area contributed by atoms with Crippen molar-refractivity contribution >= 4 is 5.96 Å². The average molecular weight is 551 g/mol. The van der Waals surface area contributed by atoms with Gasteiger partial charge in [0.1, 0.15) is 0 Å². The van der Waals surface area contributed by atoms with Crippen molar-refractivity contribution in [1.29, 1.82) is 0 Å². The van der Waals surface area contributed by atoms with Crippen molar-refractivity contribution in [2.45, 2.75) is 194 Å². The lowest BCUT2D eigenvalue weighted by Gasteiger charge is -2.21. The van der Waals surface area contributed by atoms with E-state index in [1.54, 1.807) is 0 Å². The van der Waals surface area contributed by atoms with Crippen molar-refractivity contribution in [2.24, 2.45) is 16.5 Å². The molecule has 0 bridgehead atoms. The van der Waals surface area contributed by atoms with E-state index in [4.69, 9.17) is 11.5 Å². The molecule has 0 aliphatic carbocycles. The van der Waals surface area contributed by atoms with Crippen LogP contribution >= 0.6 is 0 Å². The summed E-state index contributed by atoms with van der Waals surface area (Å²) >= 11 is 0. The highest BCUT2D eigenvalue weighted by molar-refractivity contribution is 5.75. The highest BCUT2D eigenvalue weighted by Gasteiger charge is 2.05. The van der Waals surface area contributed by atoms with Crippen LogP contribution in [0.2, 0.25) is 0 Å². The SMILES string of the molecule is CCCCCCCCCCCCCCCCN(CCCCCCCCCCCCCCCC)CCN=C(N)N. The fourth-order valence-electron chi connectivity index (χ4n) is 5.72. The van der Waals surface area contributed by atoms with Gasteiger partial charge in [0.05, 0.1) is 6.54 Å². The Bertz CT molecular complexity index is 443. The first-order chi connectivity index (χ1) is 19.2. The Kier molecular flexibility index (Phi) is 32.8. The summed E-state index contributed by atoms with van der Waals surface area (Å²) < 4.78 is 0. The van der Waals surface area contributed by atoms with Gasteiger partial charge in [0.2, 0.25) is 0 Å². The molecule has 0 spiro atoms. The molecule has 0 aromatic carbocycles. The maximum absolute atomic E-state index is 5.55. The van der Waals surface area contributed by atoms with E-state index < -0.39 is 0 Å². The van der Waals surface area contributed by atoms with E-state index in [0.29, 0.717) is 0 Å². The molecule has 0 heterocycles. The van der Waals surface area contributed by atoms with Gasteiger partial charge in [-0.25, -0.2) is 0 Å². The standard InChI is InChI=1S/C35H74N4/c1-3-5-7-9-11-13-15-17-19-21-23-25-27-29-32-39(34-31-38-35(36)37)33-30-28-26-24-22-20-18-16-14-12-10-8-6-4-2/h3-34H2,1-2H3,(H4,36,37,38). The number of unbranched alkanes of at least 4 members (excludes halogenated alkanes) is 26. The Morgan fingerprint density at radius 1 is 0.385 bits per heavy atom. The van der Waals surface area contributed by atoms with E-state index in [-0.39, 0.29) is 5.96 Å². The smallest absolute Gasteiger partial charge is 0.185 e. The Hall–Kier alpha value is -0.770. The number of hydrogen-bond donors (Lipinski definition) is 2. The first-order valence-corrected chi connectivity index (χ1v) is 18.0. The summed E-state index contributed by atoms with van der Waals surface area (Å²) in [5.41, 5.74) is 11.1. The van der Waals surface area contributed by atoms with E-state index in [1.165, 1.54) is 193 Å². The largest absolute Gasteiger partial charge is 0.370 e. The van der Waals surface area contributed by atoms with Gasteiger partial charge in [0.15, 0.2) is 5.96 Å². The van der Waals surface area contributed by atoms with E-state index in [0.717, 1.165) is 13.1 Å². The van der Waals surface area contributed by atoms with Crippen molar-refractivity contribution in [3.8, 4) is 0 Å². The molecule has 0 fully saturated rings. The van der Waals surface area contributed by atoms with Crippen LogP contribution in [0, 0.1) is 0 Å². The van der Waals surface area contributed by atoms with Crippen LogP contribution in [0.15, 0.2) is 4.99 Å². The predicted molar refractivity (Wildman–Crippen MR) is 178 cm³/mol. The third kappa shape index (κ3) is 33.3. The molecular weight excluding hydrogens is 476 g/mol. The zero-order chi connectivity index (χ0) is 28.5. The molecule has 4 nitrogen and oxygen atoms in total. The molecule has 0 atom stereocenters. The van der Waals surface area contributed by atoms with Gasteiger partial charge in [-0.3, -0.25) is 4.99 Å². The highest BCUT2D eigenvalue weighted by Crippen LogP contribution is 2.15. The Balaban J connectivity index is 3.66. The summed E-state index contributed by atoms with van der Waals surface area (Å²) in [7, 11) is 0. The van der Waals surface area contributed by atoms with Gasteiger partial charge in [-0.05, 0) is 25.9 Å². The first-order valence-electron chi connectivity index (χ1n) is 18.0. The first kappa shape index (κ1) is 38.2. The molecule has 0 saturated carbocycles. The van der Waals surface area contributed by atoms with Crippen molar-refractivity contribution in [2.75, 3.05) is 26.2 Å². The monoisotopic (exact) mass is 551 g/mol. The Morgan fingerprint density at radius 3 is 0.897 bits per heavy atom. The fraction of sp³-hybridized carbons (Fsp3) is 0.971. The van der Waals surface area contributed by atoms with E-state index >= 15 is 0 Å². The minimum atomic E-state index is 0.225. The second kappa shape index (κ2) is 33.4. The third-order valence-electron chi connectivity index (χ3n) is 8.37. The minimum absolute atomic E-state index is 0.225. The second-order valence-electron chi connectivity index (χ2n) is 12.3. The van der Waals surface area contributed by atoms with Crippen LogP contribution in [0.3, 0.4) is 0 Å². The molecule has 0 aromatic rings. The van der Waals surface area contributed by atoms with Gasteiger partial charge in [-0.15, -0.1) is 0 Å². The number of rotatable bonds is 33. The molecule has 234 valence electrons. The summed E-state index contributed by atoms with van der Waals surface area (Å²) in [5.74, 6) is 0.225. The average Bonchev–Trinajstić information content (AvgIpc) is 2.92. The van der Waals surface area contributed by atoms with Crippen LogP contribution in [0.1, 0.15) is 194 Å². The zero-order valence-electron chi connectivity index (χ0n) is 27.2. The maximum Gasteiger partial charge on any atom is 0.185 e. The molecule has 0 unspecified atom stereocenters. The quantitative estimate of drug-likeness (QED) is 0.0485. The molecular formula is C35H74N4.